The summed E-state index contributed by atoms with van der Waals surface area (Å²) in [5.41, 5.74) is -1.50. The molecule has 11 heteroatoms. The molecule has 0 amide bonds. The van der Waals surface area contributed by atoms with E-state index < -0.39 is 74.6 Å². The summed E-state index contributed by atoms with van der Waals surface area (Å²) in [6, 6.07) is 7.69. The van der Waals surface area contributed by atoms with E-state index in [1.807, 2.05) is 0 Å². The third-order valence-electron chi connectivity index (χ3n) is 11.0. The summed E-state index contributed by atoms with van der Waals surface area (Å²) in [6.07, 6.45) is 0. The first kappa shape index (κ1) is 31.4. The summed E-state index contributed by atoms with van der Waals surface area (Å²) in [7, 11) is 0. The lowest BCUT2D eigenvalue weighted by atomic mass is 9.80. The van der Waals surface area contributed by atoms with Gasteiger partial charge in [0.2, 0.25) is 10.9 Å². The Kier molecular flexibility index (Phi) is 5.90. The number of hydrogen-bond acceptors (Lipinski definition) is 11. The number of fused-ring (bicyclic) bond motifs is 1. The molecule has 0 aliphatic heterocycles. The maximum absolute atomic E-state index is 14.8. The van der Waals surface area contributed by atoms with E-state index in [1.165, 1.54) is 24.3 Å². The van der Waals surface area contributed by atoms with Crippen LogP contribution in [0.5, 0.6) is 51.7 Å². The van der Waals surface area contributed by atoms with Crippen molar-refractivity contribution >= 4 is 64.6 Å². The maximum Gasteiger partial charge on any atom is 0.201 e. The molecule has 0 spiro atoms. The van der Waals surface area contributed by atoms with Gasteiger partial charge in [-0.15, -0.1) is 0 Å². The number of hydrogen-bond donors (Lipinski definition) is 9. The second-order valence-corrected chi connectivity index (χ2v) is 14.4. The van der Waals surface area contributed by atoms with E-state index in [4.69, 9.17) is 0 Å². The molecular weight excluding hydrogens is 668 g/mol. The van der Waals surface area contributed by atoms with Crippen LogP contribution in [-0.4, -0.2) is 46.0 Å². The van der Waals surface area contributed by atoms with Crippen molar-refractivity contribution in [1.29, 1.82) is 0 Å². The first-order valence-electron chi connectivity index (χ1n) is 16.6. The predicted molar refractivity (Wildman–Crippen MR) is 197 cm³/mol. The van der Waals surface area contributed by atoms with Crippen LogP contribution in [0.2, 0.25) is 0 Å². The Morgan fingerprint density at radius 3 is 1.13 bits per heavy atom. The average molecular weight is 699 g/mol. The summed E-state index contributed by atoms with van der Waals surface area (Å²) >= 11 is 0. The number of rotatable bonds is 3. The molecule has 9 rings (SSSR count). The van der Waals surface area contributed by atoms with Crippen LogP contribution in [0.15, 0.2) is 46.0 Å². The average Bonchev–Trinajstić information content (AvgIpc) is 3.19. The van der Waals surface area contributed by atoms with Gasteiger partial charge in [-0.3, -0.25) is 9.59 Å². The van der Waals surface area contributed by atoms with Crippen LogP contribution in [0.3, 0.4) is 0 Å². The van der Waals surface area contributed by atoms with Crippen molar-refractivity contribution in [3.63, 3.8) is 0 Å². The zero-order chi connectivity index (χ0) is 37.1. The monoisotopic (exact) mass is 698 g/mol. The Morgan fingerprint density at radius 1 is 0.423 bits per heavy atom. The molecular formula is C41H30O11. The third kappa shape index (κ3) is 3.40. The Hall–Kier alpha value is -6.62. The van der Waals surface area contributed by atoms with Gasteiger partial charge in [-0.05, 0) is 29.5 Å². The zero-order valence-electron chi connectivity index (χ0n) is 28.0. The van der Waals surface area contributed by atoms with Gasteiger partial charge >= 0.3 is 0 Å². The van der Waals surface area contributed by atoms with Crippen molar-refractivity contribution in [3.05, 3.63) is 84.7 Å². The van der Waals surface area contributed by atoms with Crippen LogP contribution in [0.1, 0.15) is 73.3 Å². The number of phenols is 9. The predicted octanol–water partition coefficient (Wildman–Crippen LogP) is 7.29. The standard InChI is InChI=1S/C41H30O11/c1-11(2)19-36(47)32-30-28-26-22(15(43)9-17(45)24(26)40(51)34(30)38(19)49)21(13-5-7-14(42)8-6-13)23-16(44)10-18(46)25-27(23)29(28)31-33(32)37(48)20(12(3)4)39(50)35(31)41(25)52/h5-12,21,42-50H,1-4H3. The Labute approximate surface area is 292 Å². The molecule has 0 radical (unpaired) electrons. The van der Waals surface area contributed by atoms with Gasteiger partial charge in [-0.2, -0.15) is 0 Å². The smallest absolute Gasteiger partial charge is 0.201 e. The lowest BCUT2D eigenvalue weighted by Crippen LogP contribution is -2.10. The summed E-state index contributed by atoms with van der Waals surface area (Å²) in [4.78, 5) is 29.7. The molecule has 0 aromatic heterocycles. The molecule has 0 atom stereocenters. The Bertz CT molecular complexity index is 2900. The molecule has 52 heavy (non-hydrogen) atoms. The van der Waals surface area contributed by atoms with Crippen molar-refractivity contribution in [3.8, 4) is 51.7 Å². The Morgan fingerprint density at radius 2 is 0.769 bits per heavy atom. The van der Waals surface area contributed by atoms with E-state index in [0.717, 1.165) is 12.1 Å². The van der Waals surface area contributed by atoms with Crippen LogP contribution in [0.4, 0.5) is 0 Å². The van der Waals surface area contributed by atoms with E-state index in [1.54, 1.807) is 27.7 Å². The van der Waals surface area contributed by atoms with Gasteiger partial charge in [0.15, 0.2) is 0 Å². The van der Waals surface area contributed by atoms with E-state index in [9.17, 15) is 55.5 Å². The first-order chi connectivity index (χ1) is 24.6. The van der Waals surface area contributed by atoms with Crippen LogP contribution in [0, 0.1) is 0 Å². The second-order valence-electron chi connectivity index (χ2n) is 14.4. The number of phenolic OH excluding ortho intramolecular Hbond substituents is 9. The molecule has 8 aromatic rings. The first-order valence-corrected chi connectivity index (χ1v) is 16.6. The molecule has 11 nitrogen and oxygen atoms in total. The molecule has 260 valence electrons. The highest BCUT2D eigenvalue weighted by molar-refractivity contribution is 6.46. The second kappa shape index (κ2) is 9.79. The summed E-state index contributed by atoms with van der Waals surface area (Å²) in [6.45, 7) is 6.70. The van der Waals surface area contributed by atoms with E-state index in [-0.39, 0.29) is 92.6 Å². The molecule has 0 unspecified atom stereocenters. The van der Waals surface area contributed by atoms with Gasteiger partial charge in [0, 0.05) is 83.4 Å². The van der Waals surface area contributed by atoms with Gasteiger partial charge in [0.1, 0.15) is 51.7 Å². The molecule has 0 saturated heterocycles. The fraction of sp³-hybridized carbons (Fsp3) is 0.171. The minimum atomic E-state index is -1.24. The molecule has 0 bridgehead atoms. The number of aromatic hydroxyl groups is 9. The fourth-order valence-corrected chi connectivity index (χ4v) is 9.06. The lowest BCUT2D eigenvalue weighted by molar-refractivity contribution is 0.438. The minimum Gasteiger partial charge on any atom is -0.508 e. The highest BCUT2D eigenvalue weighted by Crippen LogP contribution is 2.61. The largest absolute Gasteiger partial charge is 0.508 e. The molecule has 0 heterocycles. The molecule has 0 saturated carbocycles. The van der Waals surface area contributed by atoms with Gasteiger partial charge in [0.05, 0.1) is 21.5 Å². The lowest BCUT2D eigenvalue weighted by Gasteiger charge is -2.24. The third-order valence-corrected chi connectivity index (χ3v) is 11.0. The highest BCUT2D eigenvalue weighted by Gasteiger charge is 2.40. The number of benzene rings is 8. The van der Waals surface area contributed by atoms with Crippen LogP contribution < -0.4 is 10.9 Å². The topological polar surface area (TPSA) is 216 Å². The quantitative estimate of drug-likeness (QED) is 0.0659. The SMILES string of the molecule is CC(C)c1c(O)c2c(=O)c3c(O)cc(O)c4c3c3c2c(c1O)c1c(O)c(C(C)C)c(O)c2c(=O)c5c(O)cc(O)c(c5c3c21)C4c1ccc(O)cc1. The normalized spacial score (nSPS) is 13.3. The zero-order valence-corrected chi connectivity index (χ0v) is 28.0. The fourth-order valence-electron chi connectivity index (χ4n) is 9.06. The molecule has 1 aliphatic rings. The van der Waals surface area contributed by atoms with Crippen molar-refractivity contribution in [1.82, 2.24) is 0 Å². The maximum atomic E-state index is 14.8. The molecule has 0 fully saturated rings. The molecule has 8 aromatic carbocycles. The van der Waals surface area contributed by atoms with Gasteiger partial charge in [-0.25, -0.2) is 0 Å². The Balaban J connectivity index is 1.83. The molecule has 1 aliphatic carbocycles. The van der Waals surface area contributed by atoms with E-state index in [2.05, 4.69) is 0 Å². The minimum absolute atomic E-state index is 0.0138. The van der Waals surface area contributed by atoms with Crippen LogP contribution in [0.25, 0.3) is 64.6 Å². The van der Waals surface area contributed by atoms with Crippen LogP contribution >= 0.6 is 0 Å². The molecule has 9 N–H and O–H groups in total. The van der Waals surface area contributed by atoms with Crippen molar-refractivity contribution < 1.29 is 46.0 Å². The van der Waals surface area contributed by atoms with E-state index in [0.29, 0.717) is 5.56 Å². The van der Waals surface area contributed by atoms with Gasteiger partial charge < -0.3 is 46.0 Å². The summed E-state index contributed by atoms with van der Waals surface area (Å²) in [5, 5.41) is 103. The van der Waals surface area contributed by atoms with Gasteiger partial charge in [0.25, 0.3) is 0 Å². The van der Waals surface area contributed by atoms with Crippen molar-refractivity contribution in [2.75, 3.05) is 0 Å². The summed E-state index contributed by atoms with van der Waals surface area (Å²) in [5.74, 6) is -7.05. The van der Waals surface area contributed by atoms with E-state index >= 15 is 0 Å². The van der Waals surface area contributed by atoms with Gasteiger partial charge in [-0.1, -0.05) is 39.8 Å². The highest BCUT2D eigenvalue weighted by atomic mass is 16.3. The van der Waals surface area contributed by atoms with Crippen molar-refractivity contribution in [2.24, 2.45) is 0 Å². The van der Waals surface area contributed by atoms with Crippen LogP contribution in [-0.2, 0) is 0 Å². The van der Waals surface area contributed by atoms with Crippen molar-refractivity contribution in [2.45, 2.75) is 45.4 Å². The summed E-state index contributed by atoms with van der Waals surface area (Å²) < 4.78 is 0.